The van der Waals surface area contributed by atoms with Gasteiger partial charge in [-0.1, -0.05) is 29.8 Å². The second-order valence-electron chi connectivity index (χ2n) is 4.36. The fourth-order valence-corrected chi connectivity index (χ4v) is 1.90. The van der Waals surface area contributed by atoms with Crippen molar-refractivity contribution >= 4 is 23.2 Å². The SMILES string of the molecule is CC(Oc1cccc(Cl)c1)C(=O)Nc1ccccc1C#N. The maximum atomic E-state index is 12.1. The molecule has 0 saturated carbocycles. The summed E-state index contributed by atoms with van der Waals surface area (Å²) in [7, 11) is 0. The van der Waals surface area contributed by atoms with Gasteiger partial charge in [0, 0.05) is 5.02 Å². The summed E-state index contributed by atoms with van der Waals surface area (Å²) in [5, 5.41) is 12.2. The number of halogens is 1. The van der Waals surface area contributed by atoms with E-state index in [1.807, 2.05) is 6.07 Å². The van der Waals surface area contributed by atoms with Crippen molar-refractivity contribution in [3.8, 4) is 11.8 Å². The van der Waals surface area contributed by atoms with Crippen LogP contribution in [0.25, 0.3) is 0 Å². The van der Waals surface area contributed by atoms with Gasteiger partial charge in [-0.15, -0.1) is 0 Å². The average Bonchev–Trinajstić information content (AvgIpc) is 2.47. The largest absolute Gasteiger partial charge is 0.481 e. The van der Waals surface area contributed by atoms with Gasteiger partial charge in [-0.2, -0.15) is 5.26 Å². The van der Waals surface area contributed by atoms with E-state index in [0.717, 1.165) is 0 Å². The number of para-hydroxylation sites is 1. The van der Waals surface area contributed by atoms with E-state index in [-0.39, 0.29) is 5.91 Å². The van der Waals surface area contributed by atoms with Crippen molar-refractivity contribution in [2.75, 3.05) is 5.32 Å². The highest BCUT2D eigenvalue weighted by Crippen LogP contribution is 2.19. The maximum absolute atomic E-state index is 12.1. The first-order valence-corrected chi connectivity index (χ1v) is 6.70. The van der Waals surface area contributed by atoms with Crippen LogP contribution in [-0.4, -0.2) is 12.0 Å². The number of nitriles is 1. The molecule has 0 aromatic heterocycles. The predicted molar refractivity (Wildman–Crippen MR) is 81.3 cm³/mol. The lowest BCUT2D eigenvalue weighted by molar-refractivity contribution is -0.122. The van der Waals surface area contributed by atoms with Crippen molar-refractivity contribution in [2.24, 2.45) is 0 Å². The van der Waals surface area contributed by atoms with Crippen molar-refractivity contribution in [1.82, 2.24) is 0 Å². The third-order valence-corrected chi connectivity index (χ3v) is 3.02. The molecule has 5 heteroatoms. The summed E-state index contributed by atoms with van der Waals surface area (Å²) in [5.41, 5.74) is 0.868. The van der Waals surface area contributed by atoms with E-state index in [9.17, 15) is 4.79 Å². The number of hydrogen-bond acceptors (Lipinski definition) is 3. The number of amides is 1. The van der Waals surface area contributed by atoms with Crippen molar-refractivity contribution in [2.45, 2.75) is 13.0 Å². The highest BCUT2D eigenvalue weighted by molar-refractivity contribution is 6.30. The van der Waals surface area contributed by atoms with Crippen LogP contribution in [-0.2, 0) is 4.79 Å². The van der Waals surface area contributed by atoms with E-state index in [1.54, 1.807) is 55.5 Å². The molecule has 0 spiro atoms. The highest BCUT2D eigenvalue weighted by atomic mass is 35.5. The molecule has 0 saturated heterocycles. The van der Waals surface area contributed by atoms with Crippen molar-refractivity contribution in [3.63, 3.8) is 0 Å². The monoisotopic (exact) mass is 300 g/mol. The molecule has 1 N–H and O–H groups in total. The summed E-state index contributed by atoms with van der Waals surface area (Å²) >= 11 is 5.86. The van der Waals surface area contributed by atoms with Gasteiger partial charge in [0.15, 0.2) is 6.10 Å². The Kier molecular flexibility index (Phi) is 4.81. The molecule has 106 valence electrons. The molecule has 4 nitrogen and oxygen atoms in total. The first kappa shape index (κ1) is 14.9. The molecule has 0 bridgehead atoms. The Balaban J connectivity index is 2.05. The second kappa shape index (κ2) is 6.78. The van der Waals surface area contributed by atoms with E-state index in [0.29, 0.717) is 22.0 Å². The number of nitrogens with one attached hydrogen (secondary N) is 1. The molecule has 21 heavy (non-hydrogen) atoms. The van der Waals surface area contributed by atoms with Gasteiger partial charge in [0.1, 0.15) is 11.8 Å². The minimum absolute atomic E-state index is 0.335. The Morgan fingerprint density at radius 2 is 2.05 bits per heavy atom. The lowest BCUT2D eigenvalue weighted by atomic mass is 10.2. The summed E-state index contributed by atoms with van der Waals surface area (Å²) in [6.07, 6.45) is -0.713. The summed E-state index contributed by atoms with van der Waals surface area (Å²) in [6.45, 7) is 1.63. The number of carbonyl (C=O) groups is 1. The Hall–Kier alpha value is -2.51. The van der Waals surface area contributed by atoms with Crippen LogP contribution < -0.4 is 10.1 Å². The van der Waals surface area contributed by atoms with Gasteiger partial charge in [-0.3, -0.25) is 4.79 Å². The smallest absolute Gasteiger partial charge is 0.265 e. The van der Waals surface area contributed by atoms with Crippen molar-refractivity contribution in [1.29, 1.82) is 5.26 Å². The number of benzene rings is 2. The van der Waals surface area contributed by atoms with Crippen LogP contribution in [0.1, 0.15) is 12.5 Å². The molecule has 0 aliphatic heterocycles. The predicted octanol–water partition coefficient (Wildman–Crippen LogP) is 3.62. The van der Waals surface area contributed by atoms with Crippen LogP contribution in [0.4, 0.5) is 5.69 Å². The Labute approximate surface area is 127 Å². The zero-order chi connectivity index (χ0) is 15.2. The highest BCUT2D eigenvalue weighted by Gasteiger charge is 2.16. The average molecular weight is 301 g/mol. The minimum Gasteiger partial charge on any atom is -0.481 e. The van der Waals surface area contributed by atoms with E-state index < -0.39 is 6.10 Å². The molecule has 2 aromatic carbocycles. The van der Waals surface area contributed by atoms with Gasteiger partial charge in [-0.25, -0.2) is 0 Å². The first-order chi connectivity index (χ1) is 10.1. The maximum Gasteiger partial charge on any atom is 0.265 e. The van der Waals surface area contributed by atoms with Crippen LogP contribution in [0, 0.1) is 11.3 Å². The third kappa shape index (κ3) is 3.98. The topological polar surface area (TPSA) is 62.1 Å². The molecule has 2 aromatic rings. The van der Waals surface area contributed by atoms with Crippen LogP contribution in [0.3, 0.4) is 0 Å². The first-order valence-electron chi connectivity index (χ1n) is 6.32. The lowest BCUT2D eigenvalue weighted by Crippen LogP contribution is -2.30. The lowest BCUT2D eigenvalue weighted by Gasteiger charge is -2.15. The number of nitrogens with zero attached hydrogens (tertiary/aromatic N) is 1. The zero-order valence-electron chi connectivity index (χ0n) is 11.3. The number of anilines is 1. The summed E-state index contributed by atoms with van der Waals surface area (Å²) in [4.78, 5) is 12.1. The Bertz CT molecular complexity index is 695. The van der Waals surface area contributed by atoms with Crippen LogP contribution >= 0.6 is 11.6 Å². The quantitative estimate of drug-likeness (QED) is 0.938. The minimum atomic E-state index is -0.713. The van der Waals surface area contributed by atoms with Crippen LogP contribution in [0.15, 0.2) is 48.5 Å². The van der Waals surface area contributed by atoms with Gasteiger partial charge in [0.25, 0.3) is 5.91 Å². The molecule has 0 aliphatic rings. The molecule has 1 atom stereocenters. The molecule has 1 unspecified atom stereocenters. The number of carbonyl (C=O) groups excluding carboxylic acids is 1. The van der Waals surface area contributed by atoms with Gasteiger partial charge in [0.2, 0.25) is 0 Å². The number of rotatable bonds is 4. The van der Waals surface area contributed by atoms with Gasteiger partial charge in [0.05, 0.1) is 11.3 Å². The molecular weight excluding hydrogens is 288 g/mol. The summed E-state index contributed by atoms with van der Waals surface area (Å²) < 4.78 is 5.52. The summed E-state index contributed by atoms with van der Waals surface area (Å²) in [6, 6.07) is 15.6. The van der Waals surface area contributed by atoms with E-state index in [2.05, 4.69) is 5.32 Å². The molecule has 0 heterocycles. The van der Waals surface area contributed by atoms with Gasteiger partial charge in [-0.05, 0) is 37.3 Å². The Morgan fingerprint density at radius 3 is 2.76 bits per heavy atom. The Morgan fingerprint density at radius 1 is 1.29 bits per heavy atom. The number of ether oxygens (including phenoxy) is 1. The molecule has 0 fully saturated rings. The van der Waals surface area contributed by atoms with Crippen LogP contribution in [0.5, 0.6) is 5.75 Å². The fourth-order valence-electron chi connectivity index (χ4n) is 1.72. The van der Waals surface area contributed by atoms with Gasteiger partial charge < -0.3 is 10.1 Å². The summed E-state index contributed by atoms with van der Waals surface area (Å²) in [5.74, 6) is 0.177. The second-order valence-corrected chi connectivity index (χ2v) is 4.80. The van der Waals surface area contributed by atoms with Crippen molar-refractivity contribution in [3.05, 3.63) is 59.1 Å². The number of hydrogen-bond donors (Lipinski definition) is 1. The third-order valence-electron chi connectivity index (χ3n) is 2.78. The normalized spacial score (nSPS) is 11.3. The van der Waals surface area contributed by atoms with Crippen LogP contribution in [0.2, 0.25) is 5.02 Å². The molecule has 1 amide bonds. The molecule has 0 aliphatic carbocycles. The molecule has 2 rings (SSSR count). The fraction of sp³-hybridized carbons (Fsp3) is 0.125. The van der Waals surface area contributed by atoms with Gasteiger partial charge >= 0.3 is 0 Å². The van der Waals surface area contributed by atoms with E-state index in [1.165, 1.54) is 0 Å². The molecular formula is C16H13ClN2O2. The molecule has 0 radical (unpaired) electrons. The van der Waals surface area contributed by atoms with Crippen molar-refractivity contribution < 1.29 is 9.53 Å². The van der Waals surface area contributed by atoms with E-state index in [4.69, 9.17) is 21.6 Å². The van der Waals surface area contributed by atoms with E-state index >= 15 is 0 Å². The zero-order valence-corrected chi connectivity index (χ0v) is 12.1. The standard InChI is InChI=1S/C16H13ClN2O2/c1-11(21-14-7-4-6-13(17)9-14)16(20)19-15-8-3-2-5-12(15)10-18/h2-9,11H,1H3,(H,19,20).